The number of nitrogens with zero attached hydrogens (tertiary/aromatic N) is 3. The number of aliphatic imine (C=N–C) groups is 1. The van der Waals surface area contributed by atoms with Crippen LogP contribution in [0.1, 0.15) is 23.7 Å². The van der Waals surface area contributed by atoms with Crippen LogP contribution in [-0.2, 0) is 0 Å². The number of hydrogen-bond donors (Lipinski definition) is 1. The van der Waals surface area contributed by atoms with Gasteiger partial charge < -0.3 is 5.32 Å². The molecule has 4 nitrogen and oxygen atoms in total. The summed E-state index contributed by atoms with van der Waals surface area (Å²) in [4.78, 5) is 13.5. The summed E-state index contributed by atoms with van der Waals surface area (Å²) in [5.41, 5.74) is 2.34. The topological polar surface area (TPSA) is 50.2 Å². The van der Waals surface area contributed by atoms with Crippen molar-refractivity contribution in [1.82, 2.24) is 9.97 Å². The first-order valence-electron chi connectivity index (χ1n) is 8.70. The minimum absolute atomic E-state index is 0.0119. The number of benzene rings is 2. The summed E-state index contributed by atoms with van der Waals surface area (Å²) in [5, 5.41) is 3.94. The highest BCUT2D eigenvalue weighted by molar-refractivity contribution is 5.94. The highest BCUT2D eigenvalue weighted by Crippen LogP contribution is 2.33. The van der Waals surface area contributed by atoms with Crippen LogP contribution in [0.4, 0.5) is 14.6 Å². The first kappa shape index (κ1) is 17.3. The van der Waals surface area contributed by atoms with Gasteiger partial charge in [-0.1, -0.05) is 6.08 Å². The van der Waals surface area contributed by atoms with E-state index in [-0.39, 0.29) is 11.5 Å². The van der Waals surface area contributed by atoms with Crippen LogP contribution in [0.15, 0.2) is 47.6 Å². The van der Waals surface area contributed by atoms with Crippen LogP contribution < -0.4 is 5.32 Å². The molecule has 0 radical (unpaired) electrons. The van der Waals surface area contributed by atoms with Gasteiger partial charge in [0.05, 0.1) is 11.4 Å². The minimum Gasteiger partial charge on any atom is -0.373 e. The molecule has 1 aromatic heterocycles. The normalized spacial score (nSPS) is 16.1. The smallest absolute Gasteiger partial charge is 0.140 e. The molecular formula is C21H18F2N4. The fourth-order valence-electron chi connectivity index (χ4n) is 3.31. The Morgan fingerprint density at radius 2 is 1.93 bits per heavy atom. The van der Waals surface area contributed by atoms with E-state index in [9.17, 15) is 8.78 Å². The van der Waals surface area contributed by atoms with Gasteiger partial charge in [0, 0.05) is 30.4 Å². The molecule has 27 heavy (non-hydrogen) atoms. The molecule has 3 aromatic rings. The molecule has 1 N–H and O–H groups in total. The maximum absolute atomic E-state index is 14.3. The lowest BCUT2D eigenvalue weighted by Crippen LogP contribution is -2.09. The number of allylic oxidation sites excluding steroid dienone is 1. The summed E-state index contributed by atoms with van der Waals surface area (Å²) in [6, 6.07) is 7.17. The number of anilines is 1. The van der Waals surface area contributed by atoms with Crippen molar-refractivity contribution < 1.29 is 8.78 Å². The molecule has 136 valence electrons. The zero-order valence-electron chi connectivity index (χ0n) is 15.0. The molecule has 4 rings (SSSR count). The van der Waals surface area contributed by atoms with Crippen molar-refractivity contribution in [1.29, 1.82) is 0 Å². The largest absolute Gasteiger partial charge is 0.373 e. The summed E-state index contributed by atoms with van der Waals surface area (Å²) in [7, 11) is 1.80. The van der Waals surface area contributed by atoms with Gasteiger partial charge in [-0.05, 0) is 54.8 Å². The number of nitrogens with one attached hydrogen (secondary N) is 1. The lowest BCUT2D eigenvalue weighted by Gasteiger charge is -2.16. The molecule has 1 unspecified atom stereocenters. The van der Waals surface area contributed by atoms with E-state index in [1.54, 1.807) is 19.3 Å². The number of rotatable bonds is 3. The summed E-state index contributed by atoms with van der Waals surface area (Å²) >= 11 is 0. The first-order valence-corrected chi connectivity index (χ1v) is 8.70. The second kappa shape index (κ2) is 6.87. The van der Waals surface area contributed by atoms with Crippen LogP contribution in [0, 0.1) is 18.6 Å². The van der Waals surface area contributed by atoms with Crippen LogP contribution in [0.3, 0.4) is 0 Å². The average Bonchev–Trinajstić information content (AvgIpc) is 2.69. The van der Waals surface area contributed by atoms with E-state index in [1.807, 2.05) is 25.3 Å². The van der Waals surface area contributed by atoms with E-state index in [1.165, 1.54) is 6.07 Å². The van der Waals surface area contributed by atoms with Crippen molar-refractivity contribution in [3.63, 3.8) is 0 Å². The third-order valence-corrected chi connectivity index (χ3v) is 4.69. The predicted molar refractivity (Wildman–Crippen MR) is 104 cm³/mol. The Morgan fingerprint density at radius 1 is 1.07 bits per heavy atom. The SMILES string of the molecule is CNc1nc(C2C=NC=CC2)nc2cc(-c3cc(F)ccc3F)c(C)cc12. The number of hydrogen-bond acceptors (Lipinski definition) is 4. The standard InChI is InChI=1S/C21H18F2N4/c1-12-8-17-19(10-15(12)16-9-14(22)5-6-18(16)23)26-20(27-21(17)24-2)13-4-3-7-25-11-13/h3,5-11,13H,4H2,1-2H3,(H,24,26,27). The summed E-state index contributed by atoms with van der Waals surface area (Å²) in [6.07, 6.45) is 6.32. The second-order valence-electron chi connectivity index (χ2n) is 6.51. The Bertz CT molecular complexity index is 1090. The van der Waals surface area contributed by atoms with Gasteiger partial charge in [0.15, 0.2) is 0 Å². The predicted octanol–water partition coefficient (Wildman–Crippen LogP) is 5.00. The molecular weight excluding hydrogens is 346 g/mol. The molecule has 0 spiro atoms. The van der Waals surface area contributed by atoms with Crippen molar-refractivity contribution >= 4 is 22.9 Å². The monoisotopic (exact) mass is 364 g/mol. The molecule has 1 aliphatic heterocycles. The molecule has 0 bridgehead atoms. The van der Waals surface area contributed by atoms with Gasteiger partial charge in [-0.15, -0.1) is 0 Å². The van der Waals surface area contributed by atoms with Crippen LogP contribution in [0.25, 0.3) is 22.0 Å². The van der Waals surface area contributed by atoms with E-state index in [4.69, 9.17) is 4.98 Å². The van der Waals surface area contributed by atoms with Crippen molar-refractivity contribution in [2.75, 3.05) is 12.4 Å². The van der Waals surface area contributed by atoms with Crippen LogP contribution >= 0.6 is 0 Å². The summed E-state index contributed by atoms with van der Waals surface area (Å²) in [5.74, 6) is 0.394. The molecule has 0 saturated carbocycles. The Balaban J connectivity index is 1.92. The van der Waals surface area contributed by atoms with Gasteiger partial charge in [0.25, 0.3) is 0 Å². The summed E-state index contributed by atoms with van der Waals surface area (Å²) in [6.45, 7) is 1.87. The quantitative estimate of drug-likeness (QED) is 0.712. The fourth-order valence-corrected chi connectivity index (χ4v) is 3.31. The van der Waals surface area contributed by atoms with E-state index in [2.05, 4.69) is 15.3 Å². The molecule has 0 fully saturated rings. The van der Waals surface area contributed by atoms with Gasteiger partial charge in [-0.25, -0.2) is 18.7 Å². The van der Waals surface area contributed by atoms with E-state index >= 15 is 0 Å². The zero-order chi connectivity index (χ0) is 19.0. The van der Waals surface area contributed by atoms with Crippen molar-refractivity contribution in [2.45, 2.75) is 19.3 Å². The van der Waals surface area contributed by atoms with Gasteiger partial charge in [-0.2, -0.15) is 0 Å². The molecule has 1 atom stereocenters. The number of halogens is 2. The maximum atomic E-state index is 14.3. The molecule has 2 aromatic carbocycles. The second-order valence-corrected chi connectivity index (χ2v) is 6.51. The number of aryl methyl sites for hydroxylation is 1. The van der Waals surface area contributed by atoms with Gasteiger partial charge in [-0.3, -0.25) is 4.99 Å². The van der Waals surface area contributed by atoms with Gasteiger partial charge in [0.1, 0.15) is 23.3 Å². The maximum Gasteiger partial charge on any atom is 0.140 e. The fraction of sp³-hybridized carbons (Fsp3) is 0.190. The molecule has 2 heterocycles. The third-order valence-electron chi connectivity index (χ3n) is 4.69. The highest BCUT2D eigenvalue weighted by atomic mass is 19.1. The Kier molecular flexibility index (Phi) is 4.39. The Morgan fingerprint density at radius 3 is 2.67 bits per heavy atom. The summed E-state index contributed by atoms with van der Waals surface area (Å²) < 4.78 is 28.0. The number of fused-ring (bicyclic) bond motifs is 1. The van der Waals surface area contributed by atoms with Gasteiger partial charge in [0.2, 0.25) is 0 Å². The van der Waals surface area contributed by atoms with Crippen LogP contribution in [-0.4, -0.2) is 23.2 Å². The van der Waals surface area contributed by atoms with Crippen molar-refractivity contribution in [3.05, 3.63) is 65.6 Å². The Labute approximate surface area is 155 Å². The van der Waals surface area contributed by atoms with E-state index in [0.717, 1.165) is 29.5 Å². The average molecular weight is 364 g/mol. The molecule has 0 aliphatic carbocycles. The minimum atomic E-state index is -0.476. The Hall–Kier alpha value is -3.15. The van der Waals surface area contributed by atoms with E-state index in [0.29, 0.717) is 22.7 Å². The lowest BCUT2D eigenvalue weighted by molar-refractivity contribution is 0.603. The van der Waals surface area contributed by atoms with E-state index < -0.39 is 11.6 Å². The molecule has 6 heteroatoms. The molecule has 0 amide bonds. The lowest BCUT2D eigenvalue weighted by atomic mass is 9.97. The highest BCUT2D eigenvalue weighted by Gasteiger charge is 2.18. The molecule has 1 aliphatic rings. The first-order chi connectivity index (χ1) is 13.1. The van der Waals surface area contributed by atoms with Crippen LogP contribution in [0.2, 0.25) is 0 Å². The van der Waals surface area contributed by atoms with Crippen molar-refractivity contribution in [2.24, 2.45) is 4.99 Å². The van der Waals surface area contributed by atoms with Crippen LogP contribution in [0.5, 0.6) is 0 Å². The molecule has 0 saturated heterocycles. The van der Waals surface area contributed by atoms with Crippen molar-refractivity contribution in [3.8, 4) is 11.1 Å². The number of aromatic nitrogens is 2. The van der Waals surface area contributed by atoms with Gasteiger partial charge >= 0.3 is 0 Å². The third kappa shape index (κ3) is 3.18. The zero-order valence-corrected chi connectivity index (χ0v) is 15.0.